The van der Waals surface area contributed by atoms with Crippen LogP contribution in [0.5, 0.6) is 0 Å². The van der Waals surface area contributed by atoms with Crippen LogP contribution < -0.4 is 10.2 Å². The highest BCUT2D eigenvalue weighted by Crippen LogP contribution is 2.30. The molecule has 0 aliphatic carbocycles. The normalized spacial score (nSPS) is 13.3. The molecule has 26 heavy (non-hydrogen) atoms. The van der Waals surface area contributed by atoms with Gasteiger partial charge in [-0.25, -0.2) is 0 Å². The minimum atomic E-state index is -0.320. The maximum Gasteiger partial charge on any atom is 0.255 e. The Labute approximate surface area is 161 Å². The van der Waals surface area contributed by atoms with E-state index in [-0.39, 0.29) is 18.4 Å². The smallest absolute Gasteiger partial charge is 0.255 e. The summed E-state index contributed by atoms with van der Waals surface area (Å²) in [4.78, 5) is 26.5. The van der Waals surface area contributed by atoms with E-state index in [2.05, 4.69) is 5.32 Å². The molecule has 1 aliphatic rings. The van der Waals surface area contributed by atoms with Crippen LogP contribution in [0, 0.1) is 0 Å². The number of fused-ring (bicyclic) bond motifs is 1. The molecule has 0 saturated heterocycles. The van der Waals surface area contributed by atoms with Crippen molar-refractivity contribution in [3.63, 3.8) is 0 Å². The Morgan fingerprint density at radius 2 is 1.88 bits per heavy atom. The summed E-state index contributed by atoms with van der Waals surface area (Å²) >= 11 is 11.9. The standard InChI is InChI=1S/C19H18Cl2N2O3/c1-26-11-18(24)23-6-2-3-12-4-5-16(10-17(12)23)22-19(25)13-7-14(20)9-15(21)8-13/h4-5,7-10H,2-3,6,11H2,1H3,(H,22,25). The van der Waals surface area contributed by atoms with Gasteiger partial charge in [0.1, 0.15) is 6.61 Å². The summed E-state index contributed by atoms with van der Waals surface area (Å²) in [5.41, 5.74) is 2.85. The van der Waals surface area contributed by atoms with E-state index in [1.165, 1.54) is 7.11 Å². The fourth-order valence-corrected chi connectivity index (χ4v) is 3.53. The Bertz CT molecular complexity index is 834. The van der Waals surface area contributed by atoms with Crippen molar-refractivity contribution in [3.05, 3.63) is 57.6 Å². The zero-order valence-corrected chi connectivity index (χ0v) is 15.7. The van der Waals surface area contributed by atoms with E-state index in [1.807, 2.05) is 18.2 Å². The summed E-state index contributed by atoms with van der Waals surface area (Å²) in [6.07, 6.45) is 1.79. The predicted molar refractivity (Wildman–Crippen MR) is 103 cm³/mol. The summed E-state index contributed by atoms with van der Waals surface area (Å²) < 4.78 is 4.96. The van der Waals surface area contributed by atoms with Crippen LogP contribution in [-0.2, 0) is 16.0 Å². The van der Waals surface area contributed by atoms with Gasteiger partial charge in [-0.3, -0.25) is 9.59 Å². The second kappa shape index (κ2) is 8.08. The zero-order chi connectivity index (χ0) is 18.7. The van der Waals surface area contributed by atoms with Gasteiger partial charge in [-0.05, 0) is 48.7 Å². The summed E-state index contributed by atoms with van der Waals surface area (Å²) in [6, 6.07) is 10.2. The number of anilines is 2. The number of methoxy groups -OCH3 is 1. The molecule has 0 saturated carbocycles. The Hall–Kier alpha value is -2.08. The third-order valence-electron chi connectivity index (χ3n) is 4.16. The Morgan fingerprint density at radius 3 is 2.58 bits per heavy atom. The van der Waals surface area contributed by atoms with Gasteiger partial charge in [-0.2, -0.15) is 0 Å². The number of aryl methyl sites for hydroxylation is 1. The first-order valence-corrected chi connectivity index (χ1v) is 8.93. The monoisotopic (exact) mass is 392 g/mol. The van der Waals surface area contributed by atoms with Gasteiger partial charge < -0.3 is 15.0 Å². The summed E-state index contributed by atoms with van der Waals surface area (Å²) in [7, 11) is 1.50. The molecule has 0 unspecified atom stereocenters. The highest BCUT2D eigenvalue weighted by Gasteiger charge is 2.23. The average Bonchev–Trinajstić information content (AvgIpc) is 2.60. The second-order valence-corrected chi connectivity index (χ2v) is 6.91. The van der Waals surface area contributed by atoms with Gasteiger partial charge >= 0.3 is 0 Å². The van der Waals surface area contributed by atoms with Crippen LogP contribution in [0.15, 0.2) is 36.4 Å². The minimum Gasteiger partial charge on any atom is -0.375 e. The van der Waals surface area contributed by atoms with Crippen LogP contribution in [0.1, 0.15) is 22.3 Å². The lowest BCUT2D eigenvalue weighted by molar-refractivity contribution is -0.122. The van der Waals surface area contributed by atoms with E-state index in [0.717, 1.165) is 24.1 Å². The molecular formula is C19H18Cl2N2O3. The highest BCUT2D eigenvalue weighted by molar-refractivity contribution is 6.35. The zero-order valence-electron chi connectivity index (χ0n) is 14.2. The number of benzene rings is 2. The van der Waals surface area contributed by atoms with E-state index >= 15 is 0 Å². The average molecular weight is 393 g/mol. The quantitative estimate of drug-likeness (QED) is 0.848. The maximum absolute atomic E-state index is 12.5. The fourth-order valence-electron chi connectivity index (χ4n) is 3.00. The number of carbonyl (C=O) groups is 2. The molecule has 3 rings (SSSR count). The third kappa shape index (κ3) is 4.18. The van der Waals surface area contributed by atoms with Gasteiger partial charge in [0.05, 0.1) is 0 Å². The van der Waals surface area contributed by atoms with E-state index in [4.69, 9.17) is 27.9 Å². The molecule has 2 aromatic carbocycles. The van der Waals surface area contributed by atoms with Crippen LogP contribution in [0.3, 0.4) is 0 Å². The number of hydrogen-bond acceptors (Lipinski definition) is 3. The molecule has 136 valence electrons. The van der Waals surface area contributed by atoms with Crippen molar-refractivity contribution in [3.8, 4) is 0 Å². The topological polar surface area (TPSA) is 58.6 Å². The molecule has 0 atom stereocenters. The molecular weight excluding hydrogens is 375 g/mol. The van der Waals surface area contributed by atoms with Crippen molar-refractivity contribution in [2.75, 3.05) is 30.5 Å². The number of hydrogen-bond donors (Lipinski definition) is 1. The molecule has 0 aromatic heterocycles. The molecule has 1 heterocycles. The van der Waals surface area contributed by atoms with Crippen molar-refractivity contribution >= 4 is 46.4 Å². The van der Waals surface area contributed by atoms with Crippen LogP contribution >= 0.6 is 23.2 Å². The SMILES string of the molecule is COCC(=O)N1CCCc2ccc(NC(=O)c3cc(Cl)cc(Cl)c3)cc21. The van der Waals surface area contributed by atoms with Gasteiger partial charge in [0.2, 0.25) is 0 Å². The molecule has 2 amide bonds. The number of halogens is 2. The molecule has 1 N–H and O–H groups in total. The molecule has 5 nitrogen and oxygen atoms in total. The van der Waals surface area contributed by atoms with Gasteiger partial charge in [0.25, 0.3) is 11.8 Å². The number of amides is 2. The number of rotatable bonds is 4. The number of nitrogens with zero attached hydrogens (tertiary/aromatic N) is 1. The molecule has 0 fully saturated rings. The Morgan fingerprint density at radius 1 is 1.15 bits per heavy atom. The lowest BCUT2D eigenvalue weighted by Crippen LogP contribution is -2.37. The molecule has 7 heteroatoms. The van der Waals surface area contributed by atoms with Crippen molar-refractivity contribution < 1.29 is 14.3 Å². The third-order valence-corrected chi connectivity index (χ3v) is 4.59. The van der Waals surface area contributed by atoms with Crippen molar-refractivity contribution in [2.24, 2.45) is 0 Å². The fraction of sp³-hybridized carbons (Fsp3) is 0.263. The van der Waals surface area contributed by atoms with E-state index < -0.39 is 0 Å². The largest absolute Gasteiger partial charge is 0.375 e. The highest BCUT2D eigenvalue weighted by atomic mass is 35.5. The van der Waals surface area contributed by atoms with Crippen LogP contribution in [0.4, 0.5) is 11.4 Å². The van der Waals surface area contributed by atoms with Gasteiger partial charge in [0, 0.05) is 40.6 Å². The lowest BCUT2D eigenvalue weighted by Gasteiger charge is -2.30. The summed E-state index contributed by atoms with van der Waals surface area (Å²) in [5.74, 6) is -0.418. The molecule has 0 bridgehead atoms. The molecule has 2 aromatic rings. The van der Waals surface area contributed by atoms with Gasteiger partial charge in [-0.15, -0.1) is 0 Å². The lowest BCUT2D eigenvalue weighted by atomic mass is 10.0. The molecule has 1 aliphatic heterocycles. The first kappa shape index (κ1) is 18.7. The van der Waals surface area contributed by atoms with Crippen molar-refractivity contribution in [1.82, 2.24) is 0 Å². The number of carbonyl (C=O) groups excluding carboxylic acids is 2. The first-order valence-electron chi connectivity index (χ1n) is 8.17. The van der Waals surface area contributed by atoms with Gasteiger partial charge in [0.15, 0.2) is 0 Å². The Balaban J connectivity index is 1.84. The number of nitrogens with one attached hydrogen (secondary N) is 1. The van der Waals surface area contributed by atoms with Crippen molar-refractivity contribution in [2.45, 2.75) is 12.8 Å². The van der Waals surface area contributed by atoms with Crippen LogP contribution in [0.25, 0.3) is 0 Å². The predicted octanol–water partition coefficient (Wildman–Crippen LogP) is 4.17. The maximum atomic E-state index is 12.5. The summed E-state index contributed by atoms with van der Waals surface area (Å²) in [6.45, 7) is 0.660. The summed E-state index contributed by atoms with van der Waals surface area (Å²) in [5, 5.41) is 3.61. The van der Waals surface area contributed by atoms with E-state index in [0.29, 0.717) is 27.8 Å². The molecule has 0 radical (unpaired) electrons. The molecule has 0 spiro atoms. The number of ether oxygens (including phenoxy) is 1. The van der Waals surface area contributed by atoms with E-state index in [9.17, 15) is 9.59 Å². The van der Waals surface area contributed by atoms with Crippen LogP contribution in [0.2, 0.25) is 10.0 Å². The Kier molecular flexibility index (Phi) is 5.81. The minimum absolute atomic E-state index is 0.0248. The van der Waals surface area contributed by atoms with Crippen molar-refractivity contribution in [1.29, 1.82) is 0 Å². The first-order chi connectivity index (χ1) is 12.5. The van der Waals surface area contributed by atoms with Gasteiger partial charge in [-0.1, -0.05) is 29.3 Å². The van der Waals surface area contributed by atoms with E-state index in [1.54, 1.807) is 23.1 Å². The second-order valence-electron chi connectivity index (χ2n) is 6.04. The van der Waals surface area contributed by atoms with Crippen LogP contribution in [-0.4, -0.2) is 32.1 Å².